The van der Waals surface area contributed by atoms with E-state index in [1.54, 1.807) is 30.3 Å². The molecule has 8 heteroatoms. The summed E-state index contributed by atoms with van der Waals surface area (Å²) in [4.78, 5) is 33.9. The number of aromatic nitrogens is 1. The van der Waals surface area contributed by atoms with Gasteiger partial charge >= 0.3 is 0 Å². The van der Waals surface area contributed by atoms with Crippen molar-refractivity contribution >= 4 is 34.7 Å². The lowest BCUT2D eigenvalue weighted by Crippen LogP contribution is -2.48. The lowest BCUT2D eigenvalue weighted by atomic mass is 10.0. The van der Waals surface area contributed by atoms with Gasteiger partial charge in [-0.15, -0.1) is 0 Å². The summed E-state index contributed by atoms with van der Waals surface area (Å²) in [5.41, 5.74) is 4.82. The topological polar surface area (TPSA) is 87.9 Å². The summed E-state index contributed by atoms with van der Waals surface area (Å²) in [6, 6.07) is 7.91. The predicted octanol–water partition coefficient (Wildman–Crippen LogP) is 3.70. The summed E-state index contributed by atoms with van der Waals surface area (Å²) >= 11 is 0. The number of furan rings is 1. The number of morpholine rings is 1. The Balaban J connectivity index is 1.25. The second-order valence-corrected chi connectivity index (χ2v) is 9.60. The minimum absolute atomic E-state index is 0.0145. The molecule has 8 nitrogen and oxygen atoms in total. The maximum atomic E-state index is 12.8. The van der Waals surface area contributed by atoms with Crippen LogP contribution in [-0.4, -0.2) is 66.0 Å². The van der Waals surface area contributed by atoms with E-state index in [2.05, 4.69) is 15.2 Å². The molecule has 1 aromatic carbocycles. The molecule has 1 saturated heterocycles. The Hall–Kier alpha value is -3.49. The summed E-state index contributed by atoms with van der Waals surface area (Å²) in [6.45, 7) is 7.27. The van der Waals surface area contributed by atoms with E-state index in [4.69, 9.17) is 9.15 Å². The molecule has 2 aliphatic rings. The van der Waals surface area contributed by atoms with Gasteiger partial charge in [0.2, 0.25) is 11.8 Å². The van der Waals surface area contributed by atoms with Crippen molar-refractivity contribution in [2.45, 2.75) is 39.3 Å². The van der Waals surface area contributed by atoms with Crippen LogP contribution >= 0.6 is 0 Å². The Morgan fingerprint density at radius 2 is 2.08 bits per heavy atom. The molecule has 0 bridgehead atoms. The third kappa shape index (κ3) is 4.92. The molecule has 2 aromatic heterocycles. The fourth-order valence-electron chi connectivity index (χ4n) is 4.96. The number of amides is 2. The van der Waals surface area contributed by atoms with E-state index in [0.717, 1.165) is 64.9 Å². The van der Waals surface area contributed by atoms with Crippen LogP contribution < -0.4 is 5.32 Å². The number of fused-ring (bicyclic) bond motifs is 2. The number of nitrogens with zero attached hydrogens (tertiary/aromatic N) is 3. The Labute approximate surface area is 210 Å². The normalized spacial score (nSPS) is 18.8. The first kappa shape index (κ1) is 24.2. The van der Waals surface area contributed by atoms with E-state index in [9.17, 15) is 9.59 Å². The van der Waals surface area contributed by atoms with Crippen LogP contribution in [0, 0.1) is 13.8 Å². The quantitative estimate of drug-likeness (QED) is 0.551. The summed E-state index contributed by atoms with van der Waals surface area (Å²) in [6.07, 6.45) is 6.48. The van der Waals surface area contributed by atoms with Gasteiger partial charge in [0.1, 0.15) is 17.2 Å². The maximum Gasteiger partial charge on any atom is 0.246 e. The number of aryl methyl sites for hydroxylation is 3. The van der Waals surface area contributed by atoms with Crippen LogP contribution in [0.5, 0.6) is 0 Å². The molecule has 1 atom stereocenters. The van der Waals surface area contributed by atoms with Crippen molar-refractivity contribution in [3.05, 3.63) is 64.6 Å². The third-order valence-electron chi connectivity index (χ3n) is 7.14. The first-order chi connectivity index (χ1) is 17.4. The molecule has 0 saturated carbocycles. The molecule has 0 aliphatic carbocycles. The molecule has 5 rings (SSSR count). The standard InChI is InChI=1S/C28H32N4O4/c1-18-5-4-6-22-19(2)24(36-26(18)22)17-31(3)25(33)10-7-20-15-21-8-9-23(32-11-13-35-14-12-32)28(34)30-27(21)29-16-20/h4-7,10,15-16,23H,8-9,11-14,17H2,1-3H3,(H,29,30,34)/b10-7+. The number of pyridine rings is 1. The first-order valence-corrected chi connectivity index (χ1v) is 12.4. The number of rotatable bonds is 5. The van der Waals surface area contributed by atoms with Gasteiger partial charge in [0.25, 0.3) is 0 Å². The molecule has 4 heterocycles. The first-order valence-electron chi connectivity index (χ1n) is 12.4. The van der Waals surface area contributed by atoms with Gasteiger partial charge in [0.15, 0.2) is 0 Å². The van der Waals surface area contributed by atoms with Crippen molar-refractivity contribution in [3.63, 3.8) is 0 Å². The summed E-state index contributed by atoms with van der Waals surface area (Å²) in [5, 5.41) is 4.07. The largest absolute Gasteiger partial charge is 0.459 e. The number of anilines is 1. The fourth-order valence-corrected chi connectivity index (χ4v) is 4.96. The van der Waals surface area contributed by atoms with Crippen molar-refractivity contribution in [2.75, 3.05) is 38.7 Å². The predicted molar refractivity (Wildman–Crippen MR) is 139 cm³/mol. The number of ether oxygens (including phenoxy) is 1. The molecule has 1 unspecified atom stereocenters. The minimum atomic E-state index is -0.178. The minimum Gasteiger partial charge on any atom is -0.459 e. The van der Waals surface area contributed by atoms with Gasteiger partial charge < -0.3 is 19.4 Å². The second kappa shape index (κ2) is 10.2. The molecule has 36 heavy (non-hydrogen) atoms. The molecule has 3 aromatic rings. The van der Waals surface area contributed by atoms with Crippen molar-refractivity contribution in [3.8, 4) is 0 Å². The number of nitrogens with one attached hydrogen (secondary N) is 1. The highest BCUT2D eigenvalue weighted by atomic mass is 16.5. The van der Waals surface area contributed by atoms with Crippen LogP contribution in [0.4, 0.5) is 5.82 Å². The average Bonchev–Trinajstić information content (AvgIpc) is 3.10. The number of hydrogen-bond acceptors (Lipinski definition) is 6. The van der Waals surface area contributed by atoms with Gasteiger partial charge in [-0.3, -0.25) is 14.5 Å². The molecular weight excluding hydrogens is 456 g/mol. The average molecular weight is 489 g/mol. The summed E-state index contributed by atoms with van der Waals surface area (Å²) in [7, 11) is 1.77. The van der Waals surface area contributed by atoms with Crippen molar-refractivity contribution in [1.82, 2.24) is 14.8 Å². The monoisotopic (exact) mass is 488 g/mol. The number of hydrogen-bond donors (Lipinski definition) is 1. The van der Waals surface area contributed by atoms with E-state index in [0.29, 0.717) is 25.6 Å². The summed E-state index contributed by atoms with van der Waals surface area (Å²) < 4.78 is 11.5. The number of carbonyl (C=O) groups is 2. The maximum absolute atomic E-state index is 12.8. The fraction of sp³-hybridized carbons (Fsp3) is 0.393. The molecule has 1 N–H and O–H groups in total. The number of para-hydroxylation sites is 1. The Morgan fingerprint density at radius 3 is 2.86 bits per heavy atom. The van der Waals surface area contributed by atoms with Crippen molar-refractivity contribution in [2.24, 2.45) is 0 Å². The lowest BCUT2D eigenvalue weighted by molar-refractivity contribution is -0.125. The van der Waals surface area contributed by atoms with E-state index in [-0.39, 0.29) is 17.9 Å². The number of benzene rings is 1. The molecule has 188 valence electrons. The molecule has 1 fully saturated rings. The van der Waals surface area contributed by atoms with Gasteiger partial charge in [0, 0.05) is 43.4 Å². The second-order valence-electron chi connectivity index (χ2n) is 9.60. The van der Waals surface area contributed by atoms with Gasteiger partial charge in [-0.1, -0.05) is 18.2 Å². The Morgan fingerprint density at radius 1 is 1.28 bits per heavy atom. The van der Waals surface area contributed by atoms with Crippen LogP contribution in [0.15, 0.2) is 41.0 Å². The van der Waals surface area contributed by atoms with E-state index in [1.807, 2.05) is 38.1 Å². The molecular formula is C28H32N4O4. The third-order valence-corrected chi connectivity index (χ3v) is 7.14. The number of carbonyl (C=O) groups excluding carboxylic acids is 2. The number of likely N-dealkylation sites (N-methyl/N-ethyl adjacent to an activating group) is 1. The zero-order valence-corrected chi connectivity index (χ0v) is 21.0. The highest BCUT2D eigenvalue weighted by molar-refractivity contribution is 5.96. The SMILES string of the molecule is Cc1c(CN(C)C(=O)/C=C/c2cnc3c(c2)CCC(N2CCOCC2)C(=O)N3)oc2c(C)cccc12. The van der Waals surface area contributed by atoms with Crippen molar-refractivity contribution in [1.29, 1.82) is 0 Å². The molecule has 0 radical (unpaired) electrons. The van der Waals surface area contributed by atoms with Crippen LogP contribution in [0.3, 0.4) is 0 Å². The molecule has 0 spiro atoms. The van der Waals surface area contributed by atoms with E-state index < -0.39 is 0 Å². The Bertz CT molecular complexity index is 1320. The van der Waals surface area contributed by atoms with Crippen LogP contribution in [0.1, 0.15) is 34.4 Å². The zero-order valence-electron chi connectivity index (χ0n) is 21.0. The van der Waals surface area contributed by atoms with Gasteiger partial charge in [-0.2, -0.15) is 0 Å². The van der Waals surface area contributed by atoms with Gasteiger partial charge in [-0.25, -0.2) is 4.98 Å². The smallest absolute Gasteiger partial charge is 0.246 e. The van der Waals surface area contributed by atoms with E-state index in [1.165, 1.54) is 0 Å². The zero-order chi connectivity index (χ0) is 25.2. The highest BCUT2D eigenvalue weighted by Gasteiger charge is 2.30. The molecule has 2 amide bonds. The van der Waals surface area contributed by atoms with Crippen LogP contribution in [0.25, 0.3) is 17.0 Å². The highest BCUT2D eigenvalue weighted by Crippen LogP contribution is 2.28. The van der Waals surface area contributed by atoms with Gasteiger partial charge in [0.05, 0.1) is 25.8 Å². The lowest BCUT2D eigenvalue weighted by Gasteiger charge is -2.32. The van der Waals surface area contributed by atoms with Crippen LogP contribution in [-0.2, 0) is 27.3 Å². The Kier molecular flexibility index (Phi) is 6.89. The summed E-state index contributed by atoms with van der Waals surface area (Å²) in [5.74, 6) is 1.26. The van der Waals surface area contributed by atoms with Crippen molar-refractivity contribution < 1.29 is 18.7 Å². The van der Waals surface area contributed by atoms with E-state index >= 15 is 0 Å². The van der Waals surface area contributed by atoms with Gasteiger partial charge in [-0.05, 0) is 55.5 Å². The van der Waals surface area contributed by atoms with Crippen LogP contribution in [0.2, 0.25) is 0 Å². The molecule has 2 aliphatic heterocycles.